The Morgan fingerprint density at radius 1 is 1.48 bits per heavy atom. The number of aliphatic hydroxyl groups excluding tert-OH is 2. The van der Waals surface area contributed by atoms with Gasteiger partial charge in [0.15, 0.2) is 5.82 Å². The molecule has 0 unspecified atom stereocenters. The van der Waals surface area contributed by atoms with Gasteiger partial charge >= 0.3 is 0 Å². The topological polar surface area (TPSA) is 109 Å². The highest BCUT2D eigenvalue weighted by Crippen LogP contribution is 2.40. The summed E-state index contributed by atoms with van der Waals surface area (Å²) in [5, 5.41) is 26.6. The van der Waals surface area contributed by atoms with Gasteiger partial charge in [-0.05, 0) is 18.1 Å². The fraction of sp³-hybridized carbons (Fsp3) is 0.533. The number of hydrogen-bond donors (Lipinski definition) is 3. The number of rotatable bonds is 2. The molecule has 2 aliphatic heterocycles. The predicted molar refractivity (Wildman–Crippen MR) is 79.8 cm³/mol. The first kappa shape index (κ1) is 14.6. The molecule has 23 heavy (non-hydrogen) atoms. The van der Waals surface area contributed by atoms with Crippen molar-refractivity contribution in [2.24, 2.45) is 5.92 Å². The molecule has 1 saturated heterocycles. The van der Waals surface area contributed by atoms with Crippen LogP contribution in [0.5, 0.6) is 0 Å². The molecule has 122 valence electrons. The maximum atomic E-state index is 11.7. The summed E-state index contributed by atoms with van der Waals surface area (Å²) in [6.07, 6.45) is 0.675. The highest BCUT2D eigenvalue weighted by Gasteiger charge is 2.43. The van der Waals surface area contributed by atoms with Crippen molar-refractivity contribution in [1.29, 1.82) is 0 Å². The molecule has 2 aliphatic rings. The zero-order chi connectivity index (χ0) is 16.1. The Morgan fingerprint density at radius 2 is 2.30 bits per heavy atom. The lowest BCUT2D eigenvalue weighted by Crippen LogP contribution is -2.27. The molecule has 8 heteroatoms. The number of carbonyl (C=O) groups excluding carboxylic acids is 1. The van der Waals surface area contributed by atoms with Gasteiger partial charge in [-0.3, -0.25) is 4.79 Å². The van der Waals surface area contributed by atoms with Crippen LogP contribution in [0, 0.1) is 5.92 Å². The Morgan fingerprint density at radius 3 is 3.04 bits per heavy atom. The van der Waals surface area contributed by atoms with Crippen LogP contribution in [-0.2, 0) is 16.0 Å². The molecule has 0 aromatic carbocycles. The quantitative estimate of drug-likeness (QED) is 0.721. The molecule has 2 aromatic rings. The molecule has 4 heterocycles. The van der Waals surface area contributed by atoms with Crippen LogP contribution in [-0.4, -0.2) is 49.5 Å². The van der Waals surface area contributed by atoms with Crippen LogP contribution in [0.25, 0.3) is 5.52 Å². The molecule has 4 atom stereocenters. The Kier molecular flexibility index (Phi) is 3.33. The summed E-state index contributed by atoms with van der Waals surface area (Å²) in [6.45, 7) is 1.66. The van der Waals surface area contributed by atoms with E-state index in [4.69, 9.17) is 4.74 Å². The van der Waals surface area contributed by atoms with E-state index in [1.165, 1.54) is 6.33 Å². The molecule has 0 spiro atoms. The van der Waals surface area contributed by atoms with E-state index in [1.807, 2.05) is 13.0 Å². The molecule has 0 radical (unpaired) electrons. The number of amides is 1. The maximum absolute atomic E-state index is 11.7. The molecule has 0 saturated carbocycles. The largest absolute Gasteiger partial charge is 0.394 e. The average molecular weight is 318 g/mol. The second-order valence-electron chi connectivity index (χ2n) is 6.14. The molecule has 8 nitrogen and oxygen atoms in total. The smallest absolute Gasteiger partial charge is 0.225 e. The minimum absolute atomic E-state index is 0.0652. The highest BCUT2D eigenvalue weighted by molar-refractivity contribution is 5.96. The number of nitrogens with zero attached hydrogens (tertiary/aromatic N) is 3. The minimum Gasteiger partial charge on any atom is -0.394 e. The van der Waals surface area contributed by atoms with Crippen molar-refractivity contribution in [1.82, 2.24) is 14.6 Å². The fourth-order valence-corrected chi connectivity index (χ4v) is 3.47. The van der Waals surface area contributed by atoms with Crippen LogP contribution in [0.15, 0.2) is 12.4 Å². The van der Waals surface area contributed by atoms with Gasteiger partial charge in [-0.25, -0.2) is 9.50 Å². The van der Waals surface area contributed by atoms with Gasteiger partial charge in [0.05, 0.1) is 18.4 Å². The number of aromatic nitrogens is 3. The Labute approximate surface area is 132 Å². The van der Waals surface area contributed by atoms with Gasteiger partial charge in [-0.15, -0.1) is 0 Å². The van der Waals surface area contributed by atoms with E-state index in [9.17, 15) is 15.0 Å². The molecule has 0 bridgehead atoms. The van der Waals surface area contributed by atoms with E-state index < -0.39 is 12.2 Å². The van der Waals surface area contributed by atoms with Crippen molar-refractivity contribution >= 4 is 17.2 Å². The zero-order valence-corrected chi connectivity index (χ0v) is 12.6. The van der Waals surface area contributed by atoms with Crippen molar-refractivity contribution in [3.8, 4) is 0 Å². The van der Waals surface area contributed by atoms with Gasteiger partial charge < -0.3 is 20.3 Å². The molecule has 1 amide bonds. The number of nitrogens with one attached hydrogen (secondary N) is 1. The van der Waals surface area contributed by atoms with Gasteiger partial charge in [-0.1, -0.05) is 6.92 Å². The van der Waals surface area contributed by atoms with Crippen LogP contribution >= 0.6 is 0 Å². The molecular formula is C15H18N4O4. The number of ether oxygens (including phenoxy) is 1. The lowest BCUT2D eigenvalue weighted by molar-refractivity contribution is -0.116. The van der Waals surface area contributed by atoms with Crippen molar-refractivity contribution in [2.75, 3.05) is 11.9 Å². The SMILES string of the molecule is C[C@H]1[C@H](O)[C@@H](CO)O[C@H]1c1cc2c3c(ncnn13)NC(=O)CC2. The standard InChI is InChI=1S/C15H18N4O4/c1-7-13(22)10(5-20)23-14(7)9-4-8-2-3-11(21)18-15-12(8)19(9)17-6-16-15/h4,6-7,10,13-14,20,22H,2-3,5H2,1H3,(H,16,17,18,21)/t7-,10+,13-,14+/m0/s1. The summed E-state index contributed by atoms with van der Waals surface area (Å²) < 4.78 is 7.55. The van der Waals surface area contributed by atoms with Crippen LogP contribution < -0.4 is 5.32 Å². The first-order valence-electron chi connectivity index (χ1n) is 7.70. The van der Waals surface area contributed by atoms with Crippen molar-refractivity contribution in [3.63, 3.8) is 0 Å². The Bertz CT molecular complexity index is 774. The highest BCUT2D eigenvalue weighted by atomic mass is 16.5. The lowest BCUT2D eigenvalue weighted by atomic mass is 9.96. The number of hydrogen-bond acceptors (Lipinski definition) is 6. The van der Waals surface area contributed by atoms with Crippen LogP contribution in [0.3, 0.4) is 0 Å². The molecule has 3 N–H and O–H groups in total. The normalized spacial score (nSPS) is 30.5. The van der Waals surface area contributed by atoms with Crippen molar-refractivity contribution in [2.45, 2.75) is 38.1 Å². The third-order valence-electron chi connectivity index (χ3n) is 4.73. The number of aryl methyl sites for hydroxylation is 1. The average Bonchev–Trinajstić information content (AvgIpc) is 2.99. The van der Waals surface area contributed by atoms with Gasteiger partial charge in [0.25, 0.3) is 0 Å². The summed E-state index contributed by atoms with van der Waals surface area (Å²) in [5.74, 6) is 0.257. The molecule has 4 rings (SSSR count). The summed E-state index contributed by atoms with van der Waals surface area (Å²) in [5.41, 5.74) is 2.55. The van der Waals surface area contributed by atoms with Crippen LogP contribution in [0.4, 0.5) is 5.82 Å². The first-order chi connectivity index (χ1) is 11.1. The third kappa shape index (κ3) is 2.13. The summed E-state index contributed by atoms with van der Waals surface area (Å²) in [7, 11) is 0. The minimum atomic E-state index is -0.729. The molecular weight excluding hydrogens is 300 g/mol. The molecule has 2 aromatic heterocycles. The second-order valence-corrected chi connectivity index (χ2v) is 6.14. The van der Waals surface area contributed by atoms with Gasteiger partial charge in [0, 0.05) is 12.3 Å². The van der Waals surface area contributed by atoms with Crippen LogP contribution in [0.2, 0.25) is 0 Å². The lowest BCUT2D eigenvalue weighted by Gasteiger charge is -2.15. The summed E-state index contributed by atoms with van der Waals surface area (Å²) >= 11 is 0. The maximum Gasteiger partial charge on any atom is 0.225 e. The van der Waals surface area contributed by atoms with Gasteiger partial charge in [0.2, 0.25) is 5.91 Å². The van der Waals surface area contributed by atoms with Crippen molar-refractivity contribution < 1.29 is 19.7 Å². The van der Waals surface area contributed by atoms with E-state index in [2.05, 4.69) is 15.4 Å². The van der Waals surface area contributed by atoms with E-state index in [1.54, 1.807) is 4.52 Å². The number of aliphatic hydroxyl groups is 2. The number of anilines is 1. The van der Waals surface area contributed by atoms with Gasteiger partial charge in [-0.2, -0.15) is 5.10 Å². The monoisotopic (exact) mass is 318 g/mol. The van der Waals surface area contributed by atoms with Crippen molar-refractivity contribution in [3.05, 3.63) is 23.7 Å². The number of carbonyl (C=O) groups is 1. The molecule has 0 aliphatic carbocycles. The Balaban J connectivity index is 1.84. The van der Waals surface area contributed by atoms with E-state index in [-0.39, 0.29) is 24.5 Å². The van der Waals surface area contributed by atoms with Crippen LogP contribution in [0.1, 0.15) is 30.7 Å². The molecule has 1 fully saturated rings. The first-order valence-corrected chi connectivity index (χ1v) is 7.70. The van der Waals surface area contributed by atoms with Gasteiger partial charge in [0.1, 0.15) is 24.1 Å². The fourth-order valence-electron chi connectivity index (χ4n) is 3.47. The third-order valence-corrected chi connectivity index (χ3v) is 4.73. The second kappa shape index (κ2) is 5.26. The summed E-state index contributed by atoms with van der Waals surface area (Å²) in [4.78, 5) is 15.9. The summed E-state index contributed by atoms with van der Waals surface area (Å²) in [6, 6.07) is 1.96. The Hall–Kier alpha value is -2.03. The predicted octanol–water partition coefficient (Wildman–Crippen LogP) is 0.0432. The zero-order valence-electron chi connectivity index (χ0n) is 12.6. The van der Waals surface area contributed by atoms with E-state index >= 15 is 0 Å². The van der Waals surface area contributed by atoms with E-state index in [0.717, 1.165) is 16.8 Å². The van der Waals surface area contributed by atoms with E-state index in [0.29, 0.717) is 18.7 Å².